The van der Waals surface area contributed by atoms with E-state index in [4.69, 9.17) is 16.3 Å². The third-order valence-corrected chi connectivity index (χ3v) is 8.21. The number of hydrogen-bond donors (Lipinski definition) is 3. The molecule has 176 valence electrons. The molecule has 1 saturated heterocycles. The largest absolute Gasteiger partial charge is 0.485 e. The lowest BCUT2D eigenvalue weighted by atomic mass is 9.65. The number of benzene rings is 2. The molecule has 11 heteroatoms. The molecule has 1 amide bonds. The molecular formula is C22H22ClF2N3O4S. The third kappa shape index (κ3) is 3.83. The predicted octanol–water partition coefficient (Wildman–Crippen LogP) is 3.73. The second kappa shape index (κ2) is 8.11. The summed E-state index contributed by atoms with van der Waals surface area (Å²) in [6, 6.07) is 6.24. The van der Waals surface area contributed by atoms with Gasteiger partial charge in [0.1, 0.15) is 28.7 Å². The molecule has 2 aromatic rings. The molecule has 2 aliphatic heterocycles. The van der Waals surface area contributed by atoms with E-state index < -0.39 is 38.4 Å². The summed E-state index contributed by atoms with van der Waals surface area (Å²) in [7, 11) is -4.31. The van der Waals surface area contributed by atoms with Crippen LogP contribution in [0.2, 0.25) is 5.02 Å². The molecule has 2 aromatic carbocycles. The van der Waals surface area contributed by atoms with Gasteiger partial charge >= 0.3 is 0 Å². The lowest BCUT2D eigenvalue weighted by Gasteiger charge is -2.36. The third-order valence-electron chi connectivity index (χ3n) is 6.56. The van der Waals surface area contributed by atoms with Crippen molar-refractivity contribution in [2.24, 2.45) is 0 Å². The molecule has 0 bridgehead atoms. The van der Waals surface area contributed by atoms with Crippen LogP contribution in [0.5, 0.6) is 5.75 Å². The lowest BCUT2D eigenvalue weighted by molar-refractivity contribution is -0.123. The minimum atomic E-state index is -4.31. The van der Waals surface area contributed by atoms with Crippen LogP contribution in [0.1, 0.15) is 31.2 Å². The fraction of sp³-hybridized carbons (Fsp3) is 0.409. The molecule has 0 aromatic heterocycles. The van der Waals surface area contributed by atoms with E-state index in [1.54, 1.807) is 6.07 Å². The highest BCUT2D eigenvalue weighted by Crippen LogP contribution is 2.54. The molecule has 2 fully saturated rings. The minimum absolute atomic E-state index is 0.0685. The molecule has 1 saturated carbocycles. The van der Waals surface area contributed by atoms with Gasteiger partial charge in [0.05, 0.1) is 16.8 Å². The monoisotopic (exact) mass is 497 g/mol. The number of anilines is 2. The summed E-state index contributed by atoms with van der Waals surface area (Å²) in [6.07, 6.45) is 0.508. The van der Waals surface area contributed by atoms with Crippen molar-refractivity contribution < 1.29 is 26.7 Å². The van der Waals surface area contributed by atoms with Crippen LogP contribution in [-0.2, 0) is 20.2 Å². The average molecular weight is 498 g/mol. The van der Waals surface area contributed by atoms with Gasteiger partial charge in [-0.1, -0.05) is 18.0 Å². The number of hydrogen-bond acceptors (Lipinski definition) is 5. The van der Waals surface area contributed by atoms with E-state index in [0.29, 0.717) is 37.1 Å². The highest BCUT2D eigenvalue weighted by atomic mass is 35.5. The predicted molar refractivity (Wildman–Crippen MR) is 120 cm³/mol. The number of alkyl halides is 1. The Labute approximate surface area is 194 Å². The van der Waals surface area contributed by atoms with E-state index in [0.717, 1.165) is 18.6 Å². The first kappa shape index (κ1) is 22.4. The van der Waals surface area contributed by atoms with E-state index in [1.807, 2.05) is 0 Å². The summed E-state index contributed by atoms with van der Waals surface area (Å²) < 4.78 is 62.9. The topological polar surface area (TPSA) is 96.5 Å². The van der Waals surface area contributed by atoms with Crippen LogP contribution in [0.4, 0.5) is 20.2 Å². The molecule has 5 rings (SSSR count). The van der Waals surface area contributed by atoms with E-state index in [9.17, 15) is 22.0 Å². The number of carbonyl (C=O) groups is 1. The smallest absolute Gasteiger partial charge is 0.264 e. The average Bonchev–Trinajstić information content (AvgIpc) is 3.01. The summed E-state index contributed by atoms with van der Waals surface area (Å²) in [5, 5.41) is 5.86. The van der Waals surface area contributed by atoms with Crippen molar-refractivity contribution in [2.75, 3.05) is 23.1 Å². The Hall–Kier alpha value is -2.43. The molecule has 0 radical (unpaired) electrons. The Kier molecular flexibility index (Phi) is 5.49. The summed E-state index contributed by atoms with van der Waals surface area (Å²) in [4.78, 5) is 12.2. The fourth-order valence-corrected chi connectivity index (χ4v) is 5.91. The number of ether oxygens (including phenoxy) is 1. The van der Waals surface area contributed by atoms with Gasteiger partial charge in [-0.2, -0.15) is 0 Å². The second-order valence-corrected chi connectivity index (χ2v) is 10.7. The zero-order valence-corrected chi connectivity index (χ0v) is 19.0. The number of nitrogens with one attached hydrogen (secondary N) is 3. The fourth-order valence-electron chi connectivity index (χ4n) is 4.65. The van der Waals surface area contributed by atoms with Crippen molar-refractivity contribution in [1.29, 1.82) is 0 Å². The standard InChI is InChI=1S/C22H22ClF2N3O4S/c23-12-2-3-19(15(24)8-12)33(30,31)28-13-9-14-20(27-21(29)22(14)5-1-6-22)18(10-13)32-17-4-7-26-11-16(17)25/h2-3,8-10,16-17,26,28H,1,4-7,11H2,(H,27,29). The van der Waals surface area contributed by atoms with E-state index >= 15 is 0 Å². The zero-order chi connectivity index (χ0) is 23.4. The molecule has 1 spiro atoms. The maximum Gasteiger partial charge on any atom is 0.264 e. The maximum absolute atomic E-state index is 14.4. The van der Waals surface area contributed by atoms with Gasteiger partial charge in [-0.05, 0) is 55.6 Å². The van der Waals surface area contributed by atoms with Crippen LogP contribution in [0.3, 0.4) is 0 Å². The number of halogens is 3. The molecule has 2 unspecified atom stereocenters. The number of rotatable bonds is 5. The van der Waals surface area contributed by atoms with Crippen LogP contribution in [0, 0.1) is 5.82 Å². The summed E-state index contributed by atoms with van der Waals surface area (Å²) in [5.74, 6) is -0.983. The molecule has 2 atom stereocenters. The summed E-state index contributed by atoms with van der Waals surface area (Å²) >= 11 is 5.74. The Balaban J connectivity index is 1.55. The van der Waals surface area contributed by atoms with Crippen LogP contribution >= 0.6 is 11.6 Å². The van der Waals surface area contributed by atoms with Crippen molar-refractivity contribution in [1.82, 2.24) is 5.32 Å². The zero-order valence-electron chi connectivity index (χ0n) is 17.5. The first-order valence-corrected chi connectivity index (χ1v) is 12.5. The van der Waals surface area contributed by atoms with Gasteiger partial charge in [0, 0.05) is 17.6 Å². The van der Waals surface area contributed by atoms with E-state index in [-0.39, 0.29) is 28.9 Å². The van der Waals surface area contributed by atoms with Crippen molar-refractivity contribution in [2.45, 2.75) is 48.3 Å². The van der Waals surface area contributed by atoms with Crippen molar-refractivity contribution >= 4 is 38.9 Å². The number of carbonyl (C=O) groups excluding carboxylic acids is 1. The van der Waals surface area contributed by atoms with Gasteiger partial charge in [-0.15, -0.1) is 0 Å². The van der Waals surface area contributed by atoms with Crippen LogP contribution in [0.15, 0.2) is 35.2 Å². The first-order valence-electron chi connectivity index (χ1n) is 10.7. The minimum Gasteiger partial charge on any atom is -0.485 e. The van der Waals surface area contributed by atoms with Crippen LogP contribution < -0.4 is 20.1 Å². The molecule has 1 aliphatic carbocycles. The Morgan fingerprint density at radius 3 is 2.67 bits per heavy atom. The van der Waals surface area contributed by atoms with Crippen LogP contribution in [0.25, 0.3) is 0 Å². The number of sulfonamides is 1. The van der Waals surface area contributed by atoms with Crippen molar-refractivity contribution in [3.8, 4) is 5.75 Å². The van der Waals surface area contributed by atoms with Gasteiger partial charge in [0.2, 0.25) is 5.91 Å². The van der Waals surface area contributed by atoms with Crippen LogP contribution in [-0.4, -0.2) is 39.7 Å². The number of amides is 1. The highest BCUT2D eigenvalue weighted by molar-refractivity contribution is 7.92. The molecule has 3 aliphatic rings. The number of fused-ring (bicyclic) bond motifs is 2. The SMILES string of the molecule is O=C1Nc2c(OC3CCNCC3F)cc(NS(=O)(=O)c3ccc(Cl)cc3F)cc2C12CCC2. The van der Waals surface area contributed by atoms with Crippen molar-refractivity contribution in [3.63, 3.8) is 0 Å². The Bertz CT molecular complexity index is 1240. The molecule has 33 heavy (non-hydrogen) atoms. The molecule has 7 nitrogen and oxygen atoms in total. The molecule has 3 N–H and O–H groups in total. The van der Waals surface area contributed by atoms with E-state index in [1.165, 1.54) is 12.1 Å². The first-order chi connectivity index (χ1) is 15.7. The van der Waals surface area contributed by atoms with Gasteiger partial charge in [0.25, 0.3) is 10.0 Å². The van der Waals surface area contributed by atoms with E-state index in [2.05, 4.69) is 15.4 Å². The van der Waals surface area contributed by atoms with Gasteiger partial charge in [0.15, 0.2) is 0 Å². The maximum atomic E-state index is 14.4. The Morgan fingerprint density at radius 1 is 1.21 bits per heavy atom. The summed E-state index contributed by atoms with van der Waals surface area (Å²) in [6.45, 7) is 0.719. The Morgan fingerprint density at radius 2 is 2.00 bits per heavy atom. The van der Waals surface area contributed by atoms with Crippen molar-refractivity contribution in [3.05, 3.63) is 46.7 Å². The summed E-state index contributed by atoms with van der Waals surface area (Å²) in [5.41, 5.74) is 0.384. The lowest BCUT2D eigenvalue weighted by Crippen LogP contribution is -2.44. The number of piperidine rings is 1. The second-order valence-electron chi connectivity index (χ2n) is 8.63. The normalized spacial score (nSPS) is 23.5. The van der Waals surface area contributed by atoms with Gasteiger partial charge in [-0.3, -0.25) is 9.52 Å². The quantitative estimate of drug-likeness (QED) is 0.585. The molecular weight excluding hydrogens is 476 g/mol. The molecule has 2 heterocycles. The highest BCUT2D eigenvalue weighted by Gasteiger charge is 2.52. The van der Waals surface area contributed by atoms with Gasteiger partial charge in [-0.25, -0.2) is 17.2 Å². The van der Waals surface area contributed by atoms with Gasteiger partial charge < -0.3 is 15.4 Å².